The highest BCUT2D eigenvalue weighted by Gasteiger charge is 2.21. The maximum absolute atomic E-state index is 10.9. The smallest absolute Gasteiger partial charge is 0.414 e. The van der Waals surface area contributed by atoms with Crippen LogP contribution in [0, 0.1) is 0 Å². The number of methoxy groups -OCH3 is 1. The topological polar surface area (TPSA) is 38.8 Å². The van der Waals surface area contributed by atoms with Gasteiger partial charge in [-0.1, -0.05) is 12.2 Å². The lowest BCUT2D eigenvalue weighted by molar-refractivity contribution is 0.0976. The molecule has 0 bridgehead atoms. The molecule has 0 atom stereocenters. The van der Waals surface area contributed by atoms with E-state index in [9.17, 15) is 4.79 Å². The minimum absolute atomic E-state index is 0.338. The summed E-state index contributed by atoms with van der Waals surface area (Å²) in [5.41, 5.74) is 0. The first-order valence-corrected chi connectivity index (χ1v) is 3.62. The average molecular weight is 175 g/mol. The van der Waals surface area contributed by atoms with Gasteiger partial charge in [0.2, 0.25) is 0 Å². The van der Waals surface area contributed by atoms with Crippen LogP contribution >= 0.6 is 12.2 Å². The van der Waals surface area contributed by atoms with Crippen molar-refractivity contribution >= 4 is 23.3 Å². The molecule has 1 amide bonds. The number of ether oxygens (including phenoxy) is 2. The number of hydrogen-bond acceptors (Lipinski definition) is 4. The standard InChI is InChI=1S/C6H9NO3S/c1-9-6(8)7-2-3-10-4-5(7)11/h2-4H2,1H3. The van der Waals surface area contributed by atoms with Gasteiger partial charge in [0.05, 0.1) is 26.9 Å². The van der Waals surface area contributed by atoms with E-state index in [-0.39, 0.29) is 0 Å². The first-order valence-electron chi connectivity index (χ1n) is 3.21. The molecule has 0 saturated carbocycles. The Balaban J connectivity index is 2.54. The molecule has 11 heavy (non-hydrogen) atoms. The average Bonchev–Trinajstić information content (AvgIpc) is 2.04. The summed E-state index contributed by atoms with van der Waals surface area (Å²) in [6.07, 6.45) is -0.404. The van der Waals surface area contributed by atoms with Gasteiger partial charge < -0.3 is 9.47 Å². The van der Waals surface area contributed by atoms with E-state index < -0.39 is 6.09 Å². The fourth-order valence-electron chi connectivity index (χ4n) is 0.821. The molecular weight excluding hydrogens is 166 g/mol. The fourth-order valence-corrected chi connectivity index (χ4v) is 1.07. The van der Waals surface area contributed by atoms with E-state index in [0.29, 0.717) is 24.7 Å². The third-order valence-electron chi connectivity index (χ3n) is 1.38. The van der Waals surface area contributed by atoms with Crippen molar-refractivity contribution < 1.29 is 14.3 Å². The van der Waals surface area contributed by atoms with Gasteiger partial charge >= 0.3 is 6.09 Å². The van der Waals surface area contributed by atoms with Crippen LogP contribution in [0.1, 0.15) is 0 Å². The van der Waals surface area contributed by atoms with Crippen molar-refractivity contribution in [3.8, 4) is 0 Å². The van der Waals surface area contributed by atoms with Crippen molar-refractivity contribution in [3.05, 3.63) is 0 Å². The van der Waals surface area contributed by atoms with Crippen LogP contribution in [-0.2, 0) is 9.47 Å². The van der Waals surface area contributed by atoms with E-state index in [0.717, 1.165) is 0 Å². The summed E-state index contributed by atoms with van der Waals surface area (Å²) in [4.78, 5) is 12.8. The third-order valence-corrected chi connectivity index (χ3v) is 1.72. The van der Waals surface area contributed by atoms with Crippen LogP contribution in [0.2, 0.25) is 0 Å². The number of carbonyl (C=O) groups excluding carboxylic acids is 1. The summed E-state index contributed by atoms with van der Waals surface area (Å²) in [6, 6.07) is 0. The van der Waals surface area contributed by atoms with Crippen molar-refractivity contribution in [1.29, 1.82) is 0 Å². The fraction of sp³-hybridized carbons (Fsp3) is 0.667. The molecule has 1 aliphatic rings. The lowest BCUT2D eigenvalue weighted by Crippen LogP contribution is -2.44. The molecule has 1 rings (SSSR count). The third kappa shape index (κ3) is 1.87. The normalized spacial score (nSPS) is 18.3. The summed E-state index contributed by atoms with van der Waals surface area (Å²) in [5, 5.41) is 0. The Morgan fingerprint density at radius 3 is 3.09 bits per heavy atom. The molecule has 0 aromatic carbocycles. The van der Waals surface area contributed by atoms with E-state index in [2.05, 4.69) is 4.74 Å². The molecule has 1 fully saturated rings. The van der Waals surface area contributed by atoms with Crippen LogP contribution in [0.4, 0.5) is 4.79 Å². The Bertz CT molecular complexity index is 175. The molecular formula is C6H9NO3S. The van der Waals surface area contributed by atoms with Crippen molar-refractivity contribution in [2.45, 2.75) is 0 Å². The van der Waals surface area contributed by atoms with Gasteiger partial charge in [-0.15, -0.1) is 0 Å². The van der Waals surface area contributed by atoms with Crippen LogP contribution in [0.3, 0.4) is 0 Å². The number of hydrogen-bond donors (Lipinski definition) is 0. The van der Waals surface area contributed by atoms with Gasteiger partial charge in [-0.3, -0.25) is 4.90 Å². The SMILES string of the molecule is COC(=O)N1CCOCC1=S. The predicted molar refractivity (Wildman–Crippen MR) is 42.5 cm³/mol. The zero-order valence-electron chi connectivity index (χ0n) is 6.20. The number of nitrogens with zero attached hydrogens (tertiary/aromatic N) is 1. The van der Waals surface area contributed by atoms with E-state index in [4.69, 9.17) is 17.0 Å². The lowest BCUT2D eigenvalue weighted by Gasteiger charge is -2.25. The molecule has 0 spiro atoms. The number of thiocarbonyl (C=S) groups is 1. The number of amides is 1. The molecule has 0 aromatic rings. The van der Waals surface area contributed by atoms with Gasteiger partial charge in [-0.25, -0.2) is 4.79 Å². The maximum atomic E-state index is 10.9. The Labute approximate surface area is 70.1 Å². The van der Waals surface area contributed by atoms with E-state index in [1.54, 1.807) is 0 Å². The van der Waals surface area contributed by atoms with Gasteiger partial charge in [-0.05, 0) is 0 Å². The largest absolute Gasteiger partial charge is 0.452 e. The predicted octanol–water partition coefficient (Wildman–Crippen LogP) is 0.412. The minimum atomic E-state index is -0.404. The minimum Gasteiger partial charge on any atom is -0.452 e. The molecule has 5 heteroatoms. The molecule has 1 heterocycles. The number of morpholine rings is 1. The second kappa shape index (κ2) is 3.64. The van der Waals surface area contributed by atoms with Crippen LogP contribution in [0.5, 0.6) is 0 Å². The summed E-state index contributed by atoms with van der Waals surface area (Å²) in [6.45, 7) is 1.35. The highest BCUT2D eigenvalue weighted by molar-refractivity contribution is 7.80. The lowest BCUT2D eigenvalue weighted by atomic mass is 10.4. The molecule has 0 aliphatic carbocycles. The van der Waals surface area contributed by atoms with Crippen LogP contribution in [0.25, 0.3) is 0 Å². The van der Waals surface area contributed by atoms with Crippen LogP contribution in [0.15, 0.2) is 0 Å². The van der Waals surface area contributed by atoms with Crippen molar-refractivity contribution in [2.75, 3.05) is 26.9 Å². The summed E-state index contributed by atoms with van der Waals surface area (Å²) >= 11 is 4.87. The van der Waals surface area contributed by atoms with Gasteiger partial charge in [0.1, 0.15) is 4.99 Å². The van der Waals surface area contributed by atoms with Gasteiger partial charge in [0, 0.05) is 0 Å². The molecule has 0 radical (unpaired) electrons. The quantitative estimate of drug-likeness (QED) is 0.500. The summed E-state index contributed by atoms with van der Waals surface area (Å²) in [7, 11) is 1.33. The van der Waals surface area contributed by atoms with Crippen LogP contribution < -0.4 is 0 Å². The molecule has 0 N–H and O–H groups in total. The number of rotatable bonds is 0. The number of carbonyl (C=O) groups is 1. The second-order valence-electron chi connectivity index (χ2n) is 2.07. The second-order valence-corrected chi connectivity index (χ2v) is 2.54. The molecule has 0 unspecified atom stereocenters. The first kappa shape index (κ1) is 8.42. The van der Waals surface area contributed by atoms with Gasteiger partial charge in [-0.2, -0.15) is 0 Å². The molecule has 62 valence electrons. The summed E-state index contributed by atoms with van der Waals surface area (Å²) in [5.74, 6) is 0. The van der Waals surface area contributed by atoms with E-state index in [1.807, 2.05) is 0 Å². The Kier molecular flexibility index (Phi) is 2.78. The van der Waals surface area contributed by atoms with E-state index in [1.165, 1.54) is 12.0 Å². The maximum Gasteiger partial charge on any atom is 0.414 e. The van der Waals surface area contributed by atoms with Gasteiger partial charge in [0.25, 0.3) is 0 Å². The highest BCUT2D eigenvalue weighted by atomic mass is 32.1. The monoisotopic (exact) mass is 175 g/mol. The van der Waals surface area contributed by atoms with Crippen molar-refractivity contribution in [1.82, 2.24) is 4.90 Å². The van der Waals surface area contributed by atoms with Crippen molar-refractivity contribution in [3.63, 3.8) is 0 Å². The summed E-state index contributed by atoms with van der Waals surface area (Å²) < 4.78 is 9.52. The van der Waals surface area contributed by atoms with E-state index >= 15 is 0 Å². The molecule has 1 aliphatic heterocycles. The van der Waals surface area contributed by atoms with Gasteiger partial charge in [0.15, 0.2) is 0 Å². The van der Waals surface area contributed by atoms with Crippen molar-refractivity contribution in [2.24, 2.45) is 0 Å². The van der Waals surface area contributed by atoms with Crippen LogP contribution in [-0.4, -0.2) is 42.8 Å². The Morgan fingerprint density at radius 1 is 1.82 bits per heavy atom. The molecule has 1 saturated heterocycles. The zero-order valence-corrected chi connectivity index (χ0v) is 7.02. The highest BCUT2D eigenvalue weighted by Crippen LogP contribution is 2.02. The Morgan fingerprint density at radius 2 is 2.55 bits per heavy atom. The Hall–Kier alpha value is -0.680. The molecule has 0 aromatic heterocycles. The molecule has 4 nitrogen and oxygen atoms in total. The first-order chi connectivity index (χ1) is 5.25. The zero-order chi connectivity index (χ0) is 8.27.